The second-order valence-corrected chi connectivity index (χ2v) is 9.33. The second-order valence-electron chi connectivity index (χ2n) is 9.33. The summed E-state index contributed by atoms with van der Waals surface area (Å²) in [5.74, 6) is 1.84. The molecule has 3 aromatic rings. The largest absolute Gasteiger partial charge is 2.00 e. The van der Waals surface area contributed by atoms with Gasteiger partial charge in [-0.15, -0.1) is 0 Å². The van der Waals surface area contributed by atoms with E-state index < -0.39 is 0 Å². The van der Waals surface area contributed by atoms with Gasteiger partial charge in [-0.3, -0.25) is 0 Å². The maximum absolute atomic E-state index is 3.66. The molecule has 179 valence electrons. The van der Waals surface area contributed by atoms with Crippen molar-refractivity contribution < 1.29 is 51.2 Å². The van der Waals surface area contributed by atoms with Gasteiger partial charge in [0.25, 0.3) is 0 Å². The van der Waals surface area contributed by atoms with Crippen molar-refractivity contribution in [2.75, 3.05) is 0 Å². The fourth-order valence-corrected chi connectivity index (χ4v) is 4.14. The second kappa shape index (κ2) is 13.0. The maximum atomic E-state index is 3.66. The van der Waals surface area contributed by atoms with Gasteiger partial charge in [-0.2, -0.15) is 9.13 Å². The molecule has 2 nitrogen and oxygen atoms in total. The Labute approximate surface area is 222 Å². The van der Waals surface area contributed by atoms with Crippen LogP contribution in [-0.2, 0) is 20.4 Å². The van der Waals surface area contributed by atoms with E-state index in [-0.39, 0.29) is 46.7 Å². The number of nitrogens with zero attached hydrogens (tertiary/aromatic N) is 2. The number of benzene rings is 2. The molecule has 0 aliphatic carbocycles. The van der Waals surface area contributed by atoms with Crippen LogP contribution in [0.1, 0.15) is 103 Å². The van der Waals surface area contributed by atoms with Gasteiger partial charge < -0.3 is 24.8 Å². The Balaban J connectivity index is 0. The molecule has 3 rings (SSSR count). The Kier molecular flexibility index (Phi) is 12.5. The quantitative estimate of drug-likeness (QED) is 0.314. The van der Waals surface area contributed by atoms with Gasteiger partial charge in [0, 0.05) is 23.7 Å². The molecule has 2 aromatic carbocycles. The Bertz CT molecular complexity index is 867. The molecule has 1 radical (unpaired) electrons. The van der Waals surface area contributed by atoms with E-state index in [0.29, 0.717) is 23.7 Å². The number of para-hydroxylation sites is 2. The molecule has 0 aliphatic rings. The summed E-state index contributed by atoms with van der Waals surface area (Å²) in [5, 5.41) is 0. The van der Waals surface area contributed by atoms with Gasteiger partial charge in [0.15, 0.2) is 0 Å². The molecule has 0 saturated heterocycles. The number of hydrogen-bond acceptors (Lipinski definition) is 0. The molecule has 0 saturated carbocycles. The van der Waals surface area contributed by atoms with E-state index >= 15 is 0 Å². The molecule has 0 atom stereocenters. The van der Waals surface area contributed by atoms with Gasteiger partial charge in [-0.1, -0.05) is 91.8 Å². The van der Waals surface area contributed by atoms with Crippen LogP contribution in [0.5, 0.6) is 0 Å². The van der Waals surface area contributed by atoms with Crippen LogP contribution in [0.15, 0.2) is 48.8 Å². The third kappa shape index (κ3) is 6.27. The summed E-state index contributed by atoms with van der Waals surface area (Å²) in [5.41, 5.74) is 8.05. The zero-order valence-corrected chi connectivity index (χ0v) is 23.5. The van der Waals surface area contributed by atoms with Crippen LogP contribution in [0.25, 0.3) is 11.4 Å². The molecule has 0 amide bonds. The fraction of sp³-hybridized carbons (Fsp3) is 0.444. The molecule has 1 aromatic heterocycles. The SMILES string of the molecule is CC(C)c1cccc(C(C)C)c1-n1[c][n+](-c2c(C(C)C)cccc2C(C)C)cc1.[Cl-].[Cl-].[HH].[Pd+2]. The van der Waals surface area contributed by atoms with Crippen LogP contribution in [0.4, 0.5) is 0 Å². The van der Waals surface area contributed by atoms with Crippen LogP contribution in [0, 0.1) is 6.33 Å². The average molecular weight is 568 g/mol. The van der Waals surface area contributed by atoms with Crippen molar-refractivity contribution in [3.05, 3.63) is 77.4 Å². The summed E-state index contributed by atoms with van der Waals surface area (Å²) < 4.78 is 4.40. The van der Waals surface area contributed by atoms with E-state index in [1.165, 1.54) is 33.6 Å². The first kappa shape index (κ1) is 30.9. The molecule has 0 bridgehead atoms. The Morgan fingerprint density at radius 1 is 0.688 bits per heavy atom. The van der Waals surface area contributed by atoms with Crippen LogP contribution >= 0.6 is 0 Å². The van der Waals surface area contributed by atoms with E-state index in [1.54, 1.807) is 0 Å². The van der Waals surface area contributed by atoms with Gasteiger partial charge in [-0.05, 0) is 23.7 Å². The smallest absolute Gasteiger partial charge is 1.00 e. The van der Waals surface area contributed by atoms with E-state index in [4.69, 9.17) is 0 Å². The Hall–Kier alpha value is -1.11. The summed E-state index contributed by atoms with van der Waals surface area (Å²) >= 11 is 0. The summed E-state index contributed by atoms with van der Waals surface area (Å²) in [6.07, 6.45) is 7.98. The van der Waals surface area contributed by atoms with E-state index in [2.05, 4.69) is 120 Å². The molecule has 0 N–H and O–H groups in total. The zero-order valence-electron chi connectivity index (χ0n) is 20.4. The predicted molar refractivity (Wildman–Crippen MR) is 125 cm³/mol. The molecule has 0 aliphatic heterocycles. The third-order valence-corrected chi connectivity index (χ3v) is 5.75. The number of hydrogen-bond donors (Lipinski definition) is 0. The van der Waals surface area contributed by atoms with E-state index in [0.717, 1.165) is 0 Å². The molecule has 1 heterocycles. The summed E-state index contributed by atoms with van der Waals surface area (Å²) in [7, 11) is 0. The standard InChI is InChI=1S/C27H36N2.2ClH.Pd.H2/c1-18(2)22-11-9-12-23(19(3)4)26(22)28-15-16-29(17-28)27-24(20(5)6)13-10-14-25(27)21(7)8;;;;/h9-16,18-21H,1-8H3;2*1H;;1H/q+1;;;+2;/p-2. The first-order chi connectivity index (χ1) is 13.7. The van der Waals surface area contributed by atoms with Crippen LogP contribution in [-0.4, -0.2) is 4.57 Å². The van der Waals surface area contributed by atoms with Crippen molar-refractivity contribution in [1.82, 2.24) is 4.57 Å². The maximum Gasteiger partial charge on any atom is 2.00 e. The third-order valence-electron chi connectivity index (χ3n) is 5.75. The molecular formula is C27H38Cl2N2Pd+. The minimum Gasteiger partial charge on any atom is -1.00 e. The van der Waals surface area contributed by atoms with Gasteiger partial charge in [0.1, 0.15) is 23.8 Å². The molecule has 32 heavy (non-hydrogen) atoms. The van der Waals surface area contributed by atoms with Crippen molar-refractivity contribution >= 4 is 0 Å². The fourth-order valence-electron chi connectivity index (χ4n) is 4.14. The minimum atomic E-state index is 0. The van der Waals surface area contributed by atoms with Gasteiger partial charge in [0.05, 0.1) is 0 Å². The van der Waals surface area contributed by atoms with Crippen molar-refractivity contribution in [3.63, 3.8) is 0 Å². The number of halogens is 2. The molecule has 5 heteroatoms. The summed E-state index contributed by atoms with van der Waals surface area (Å²) in [6, 6.07) is 13.4. The first-order valence-electron chi connectivity index (χ1n) is 11.0. The number of rotatable bonds is 6. The number of aromatic nitrogens is 2. The van der Waals surface area contributed by atoms with Crippen molar-refractivity contribution in [2.45, 2.75) is 79.1 Å². The van der Waals surface area contributed by atoms with Crippen molar-refractivity contribution in [1.29, 1.82) is 0 Å². The molecular weight excluding hydrogens is 530 g/mol. The minimum absolute atomic E-state index is 0. The first-order valence-corrected chi connectivity index (χ1v) is 11.0. The summed E-state index contributed by atoms with van der Waals surface area (Å²) in [4.78, 5) is 0. The van der Waals surface area contributed by atoms with E-state index in [1.807, 2.05) is 0 Å². The molecule has 0 spiro atoms. The van der Waals surface area contributed by atoms with E-state index in [9.17, 15) is 0 Å². The normalized spacial score (nSPS) is 10.9. The monoisotopic (exact) mass is 566 g/mol. The van der Waals surface area contributed by atoms with Crippen LogP contribution in [0.2, 0.25) is 0 Å². The molecule has 0 fully saturated rings. The topological polar surface area (TPSA) is 8.81 Å². The van der Waals surface area contributed by atoms with Gasteiger partial charge >= 0.3 is 26.8 Å². The average Bonchev–Trinajstić information content (AvgIpc) is 3.15. The predicted octanol–water partition coefficient (Wildman–Crippen LogP) is 1.30. The Morgan fingerprint density at radius 2 is 1.06 bits per heavy atom. The van der Waals surface area contributed by atoms with Crippen LogP contribution < -0.4 is 29.4 Å². The van der Waals surface area contributed by atoms with Crippen molar-refractivity contribution in [2.24, 2.45) is 0 Å². The summed E-state index contributed by atoms with van der Waals surface area (Å²) in [6.45, 7) is 18.2. The Morgan fingerprint density at radius 3 is 1.44 bits per heavy atom. The van der Waals surface area contributed by atoms with Crippen molar-refractivity contribution in [3.8, 4) is 11.4 Å². The van der Waals surface area contributed by atoms with Gasteiger partial charge in [0.2, 0.25) is 0 Å². The van der Waals surface area contributed by atoms with Gasteiger partial charge in [-0.25, -0.2) is 0 Å². The molecule has 0 unspecified atom stereocenters. The zero-order chi connectivity index (χ0) is 21.3. The number of imidazole rings is 1. The van der Waals surface area contributed by atoms with Crippen LogP contribution in [0.3, 0.4) is 0 Å².